The largest absolute Gasteiger partial charge is 0.459 e. The number of carbonyl (C=O) groups is 1. The summed E-state index contributed by atoms with van der Waals surface area (Å²) < 4.78 is 33.0. The SMILES string of the molecule is O=C(Nc1ccc(Cl)c(S(=O)(=O)N2CCCCC2)c1)c1occc1CSc1ccccc1. The second-order valence-corrected chi connectivity index (χ2v) is 10.8. The molecule has 1 N–H and O–H groups in total. The molecule has 0 aliphatic carbocycles. The van der Waals surface area contributed by atoms with Crippen LogP contribution in [0.2, 0.25) is 5.02 Å². The van der Waals surface area contributed by atoms with Crippen LogP contribution in [0.3, 0.4) is 0 Å². The van der Waals surface area contributed by atoms with Crippen molar-refractivity contribution in [2.75, 3.05) is 18.4 Å². The first-order valence-electron chi connectivity index (χ1n) is 10.3. The topological polar surface area (TPSA) is 79.6 Å². The Kier molecular flexibility index (Phi) is 7.25. The smallest absolute Gasteiger partial charge is 0.291 e. The zero-order valence-corrected chi connectivity index (χ0v) is 19.7. The quantitative estimate of drug-likeness (QED) is 0.433. The second kappa shape index (κ2) is 10.1. The summed E-state index contributed by atoms with van der Waals surface area (Å²) >= 11 is 7.82. The maximum atomic E-state index is 13.1. The third kappa shape index (κ3) is 5.20. The minimum Gasteiger partial charge on any atom is -0.459 e. The van der Waals surface area contributed by atoms with Gasteiger partial charge in [0.25, 0.3) is 5.91 Å². The number of sulfonamides is 1. The lowest BCUT2D eigenvalue weighted by Gasteiger charge is -2.26. The third-order valence-corrected chi connectivity index (χ3v) is 8.65. The maximum absolute atomic E-state index is 13.1. The van der Waals surface area contributed by atoms with Crippen LogP contribution in [0.4, 0.5) is 5.69 Å². The highest BCUT2D eigenvalue weighted by molar-refractivity contribution is 7.98. The van der Waals surface area contributed by atoms with Gasteiger partial charge in [-0.15, -0.1) is 11.8 Å². The summed E-state index contributed by atoms with van der Waals surface area (Å²) in [5.74, 6) is 0.324. The van der Waals surface area contributed by atoms with E-state index in [0.29, 0.717) is 24.5 Å². The molecule has 32 heavy (non-hydrogen) atoms. The first-order valence-corrected chi connectivity index (χ1v) is 13.1. The van der Waals surface area contributed by atoms with Crippen LogP contribution < -0.4 is 5.32 Å². The normalized spacial score (nSPS) is 14.9. The number of anilines is 1. The molecule has 4 rings (SSSR count). The number of piperidine rings is 1. The van der Waals surface area contributed by atoms with E-state index in [0.717, 1.165) is 29.7 Å². The minimum absolute atomic E-state index is 0.00170. The summed E-state index contributed by atoms with van der Waals surface area (Å²) in [6.45, 7) is 0.953. The van der Waals surface area contributed by atoms with Crippen LogP contribution in [0.5, 0.6) is 0 Å². The number of hydrogen-bond donors (Lipinski definition) is 1. The highest BCUT2D eigenvalue weighted by Gasteiger charge is 2.28. The van der Waals surface area contributed by atoms with Gasteiger partial charge in [-0.1, -0.05) is 36.2 Å². The van der Waals surface area contributed by atoms with Crippen molar-refractivity contribution in [2.45, 2.75) is 34.8 Å². The fraction of sp³-hybridized carbons (Fsp3) is 0.261. The van der Waals surface area contributed by atoms with Gasteiger partial charge in [0.2, 0.25) is 10.0 Å². The van der Waals surface area contributed by atoms with Gasteiger partial charge in [0.1, 0.15) is 4.90 Å². The van der Waals surface area contributed by atoms with E-state index < -0.39 is 15.9 Å². The van der Waals surface area contributed by atoms with E-state index in [1.807, 2.05) is 30.3 Å². The molecule has 0 bridgehead atoms. The molecule has 9 heteroatoms. The van der Waals surface area contributed by atoms with Crippen LogP contribution in [-0.4, -0.2) is 31.7 Å². The van der Waals surface area contributed by atoms with E-state index in [4.69, 9.17) is 16.0 Å². The predicted molar refractivity (Wildman–Crippen MR) is 127 cm³/mol. The van der Waals surface area contributed by atoms with Crippen LogP contribution in [0, 0.1) is 0 Å². The average molecular weight is 491 g/mol. The van der Waals surface area contributed by atoms with Crippen molar-refractivity contribution in [2.24, 2.45) is 0 Å². The Balaban J connectivity index is 1.50. The molecule has 2 heterocycles. The molecule has 1 fully saturated rings. The van der Waals surface area contributed by atoms with Crippen LogP contribution in [0.1, 0.15) is 35.4 Å². The lowest BCUT2D eigenvalue weighted by atomic mass is 10.2. The third-order valence-electron chi connectivity index (χ3n) is 5.21. The molecule has 2 aromatic carbocycles. The van der Waals surface area contributed by atoms with Crippen LogP contribution in [0.25, 0.3) is 0 Å². The molecule has 1 amide bonds. The number of thioether (sulfide) groups is 1. The fourth-order valence-corrected chi connectivity index (χ4v) is 6.45. The van der Waals surface area contributed by atoms with Gasteiger partial charge in [0.15, 0.2) is 5.76 Å². The number of hydrogen-bond acceptors (Lipinski definition) is 5. The van der Waals surface area contributed by atoms with E-state index in [2.05, 4.69) is 5.32 Å². The summed E-state index contributed by atoms with van der Waals surface area (Å²) in [6, 6.07) is 16.1. The number of amides is 1. The first kappa shape index (κ1) is 22.9. The monoisotopic (exact) mass is 490 g/mol. The van der Waals surface area contributed by atoms with Gasteiger partial charge in [-0.2, -0.15) is 4.31 Å². The second-order valence-electron chi connectivity index (χ2n) is 7.44. The zero-order chi connectivity index (χ0) is 22.6. The van der Waals surface area contributed by atoms with Gasteiger partial charge >= 0.3 is 0 Å². The average Bonchev–Trinajstić information content (AvgIpc) is 3.29. The molecule has 1 aliphatic rings. The summed E-state index contributed by atoms with van der Waals surface area (Å²) in [4.78, 5) is 13.9. The van der Waals surface area contributed by atoms with Gasteiger partial charge in [-0.25, -0.2) is 8.42 Å². The molecule has 1 aromatic heterocycles. The van der Waals surface area contributed by atoms with Gasteiger partial charge in [0, 0.05) is 35.0 Å². The molecule has 1 saturated heterocycles. The molecule has 168 valence electrons. The van der Waals surface area contributed by atoms with E-state index in [1.165, 1.54) is 22.7 Å². The van der Waals surface area contributed by atoms with Gasteiger partial charge in [-0.3, -0.25) is 4.79 Å². The van der Waals surface area contributed by atoms with Crippen LogP contribution >= 0.6 is 23.4 Å². The Morgan fingerprint density at radius 1 is 1.06 bits per heavy atom. The predicted octanol–water partition coefficient (Wildman–Crippen LogP) is 5.65. The standard InChI is InChI=1S/C23H23ClN2O4S2/c24-20-10-9-18(15-21(20)32(28,29)26-12-5-2-6-13-26)25-23(27)22-17(11-14-30-22)16-31-19-7-3-1-4-8-19/h1,3-4,7-11,14-15H,2,5-6,12-13,16H2,(H,25,27). The molecule has 1 aliphatic heterocycles. The van der Waals surface area contributed by atoms with Gasteiger partial charge < -0.3 is 9.73 Å². The Bertz CT molecular complexity index is 1190. The van der Waals surface area contributed by atoms with Crippen molar-refractivity contribution in [3.8, 4) is 0 Å². The molecular formula is C23H23ClN2O4S2. The summed E-state index contributed by atoms with van der Waals surface area (Å²) in [6.07, 6.45) is 4.15. The molecule has 0 unspecified atom stereocenters. The number of rotatable bonds is 7. The van der Waals surface area contributed by atoms with Crippen molar-refractivity contribution >= 4 is 45.0 Å². The summed E-state index contributed by atoms with van der Waals surface area (Å²) in [5.41, 5.74) is 1.10. The minimum atomic E-state index is -3.73. The highest BCUT2D eigenvalue weighted by Crippen LogP contribution is 2.30. The molecule has 6 nitrogen and oxygen atoms in total. The molecule has 0 atom stereocenters. The first-order chi connectivity index (χ1) is 15.4. The number of benzene rings is 2. The molecule has 0 spiro atoms. The zero-order valence-electron chi connectivity index (χ0n) is 17.3. The molecular weight excluding hydrogens is 468 g/mol. The Labute approximate surface area is 197 Å². The van der Waals surface area contributed by atoms with Crippen molar-refractivity contribution in [3.05, 3.63) is 77.2 Å². The Morgan fingerprint density at radius 2 is 1.81 bits per heavy atom. The number of nitrogens with one attached hydrogen (secondary N) is 1. The van der Waals surface area contributed by atoms with Gasteiger partial charge in [0.05, 0.1) is 11.3 Å². The molecule has 3 aromatic rings. The van der Waals surface area contributed by atoms with Gasteiger partial charge in [-0.05, 0) is 49.2 Å². The van der Waals surface area contributed by atoms with E-state index in [-0.39, 0.29) is 15.7 Å². The van der Waals surface area contributed by atoms with Crippen molar-refractivity contribution in [1.29, 1.82) is 0 Å². The highest BCUT2D eigenvalue weighted by atomic mass is 35.5. The molecule has 0 saturated carbocycles. The number of nitrogens with zero attached hydrogens (tertiary/aromatic N) is 1. The van der Waals surface area contributed by atoms with Crippen molar-refractivity contribution < 1.29 is 17.6 Å². The summed E-state index contributed by atoms with van der Waals surface area (Å²) in [5, 5.41) is 2.87. The van der Waals surface area contributed by atoms with E-state index in [9.17, 15) is 13.2 Å². The Morgan fingerprint density at radius 3 is 2.56 bits per heavy atom. The van der Waals surface area contributed by atoms with Crippen LogP contribution in [-0.2, 0) is 15.8 Å². The van der Waals surface area contributed by atoms with E-state index in [1.54, 1.807) is 23.9 Å². The van der Waals surface area contributed by atoms with E-state index >= 15 is 0 Å². The fourth-order valence-electron chi connectivity index (χ4n) is 3.54. The number of furan rings is 1. The molecule has 0 radical (unpaired) electrons. The number of carbonyl (C=O) groups excluding carboxylic acids is 1. The Hall–Kier alpha value is -2.26. The maximum Gasteiger partial charge on any atom is 0.291 e. The van der Waals surface area contributed by atoms with Crippen LogP contribution in [0.15, 0.2) is 75.1 Å². The lowest BCUT2D eigenvalue weighted by Crippen LogP contribution is -2.35. The van der Waals surface area contributed by atoms with Crippen molar-refractivity contribution in [3.63, 3.8) is 0 Å². The van der Waals surface area contributed by atoms with Crippen molar-refractivity contribution in [1.82, 2.24) is 4.31 Å². The number of halogens is 1. The lowest BCUT2D eigenvalue weighted by molar-refractivity contribution is 0.0995. The summed E-state index contributed by atoms with van der Waals surface area (Å²) in [7, 11) is -3.73.